The Balaban J connectivity index is 1.92. The molecule has 2 aliphatic rings. The number of rotatable bonds is 2. The summed E-state index contributed by atoms with van der Waals surface area (Å²) in [5.41, 5.74) is -0.590. The Morgan fingerprint density at radius 1 is 1.47 bits per heavy atom. The van der Waals surface area contributed by atoms with E-state index < -0.39 is 5.60 Å². The van der Waals surface area contributed by atoms with Crippen molar-refractivity contribution in [2.45, 2.75) is 51.2 Å². The number of hydrogen-bond acceptors (Lipinski definition) is 3. The number of likely N-dealkylation sites (tertiary alicyclic amines) is 1. The Bertz CT molecular complexity index is 280. The fourth-order valence-electron chi connectivity index (χ4n) is 2.78. The first-order valence-electron chi connectivity index (χ1n) is 6.66. The van der Waals surface area contributed by atoms with Gasteiger partial charge in [0.1, 0.15) is 0 Å². The summed E-state index contributed by atoms with van der Waals surface area (Å²) >= 11 is 0. The minimum atomic E-state index is -0.590. The van der Waals surface area contributed by atoms with E-state index in [1.807, 2.05) is 11.8 Å². The number of aliphatic hydroxyl groups is 1. The van der Waals surface area contributed by atoms with Crippen molar-refractivity contribution >= 4 is 5.91 Å². The molecule has 2 fully saturated rings. The maximum absolute atomic E-state index is 12.3. The Labute approximate surface area is 103 Å². The number of carbonyl (C=O) groups is 1. The highest BCUT2D eigenvalue weighted by Gasteiger charge is 2.38. The number of ether oxygens (including phenoxy) is 1. The van der Waals surface area contributed by atoms with Crippen molar-refractivity contribution in [1.29, 1.82) is 0 Å². The molecule has 17 heavy (non-hydrogen) atoms. The fourth-order valence-corrected chi connectivity index (χ4v) is 2.78. The summed E-state index contributed by atoms with van der Waals surface area (Å²) in [6.45, 7) is 5.98. The average Bonchev–Trinajstić information content (AvgIpc) is 2.76. The minimum Gasteiger partial charge on any atom is -0.390 e. The largest absolute Gasteiger partial charge is 0.390 e. The standard InChI is InChI=1S/C13H23NO3/c1-3-11-10(4-9-17-11)12(15)14-7-5-13(2,16)6-8-14/h10-11,16H,3-9H2,1-2H3. The predicted octanol–water partition coefficient (Wildman–Crippen LogP) is 1.17. The molecule has 0 aliphatic carbocycles. The second-order valence-corrected chi connectivity index (χ2v) is 5.53. The van der Waals surface area contributed by atoms with Crippen molar-refractivity contribution in [3.05, 3.63) is 0 Å². The Hall–Kier alpha value is -0.610. The lowest BCUT2D eigenvalue weighted by Crippen LogP contribution is -2.48. The van der Waals surface area contributed by atoms with Crippen LogP contribution >= 0.6 is 0 Å². The smallest absolute Gasteiger partial charge is 0.228 e. The molecule has 2 aliphatic heterocycles. The first kappa shape index (κ1) is 12.8. The summed E-state index contributed by atoms with van der Waals surface area (Å²) < 4.78 is 5.57. The summed E-state index contributed by atoms with van der Waals surface area (Å²) in [5, 5.41) is 9.87. The molecule has 2 heterocycles. The maximum Gasteiger partial charge on any atom is 0.228 e. The van der Waals surface area contributed by atoms with Crippen molar-refractivity contribution < 1.29 is 14.6 Å². The highest BCUT2D eigenvalue weighted by molar-refractivity contribution is 5.79. The van der Waals surface area contributed by atoms with Gasteiger partial charge in [0, 0.05) is 19.7 Å². The van der Waals surface area contributed by atoms with Gasteiger partial charge in [0.25, 0.3) is 0 Å². The van der Waals surface area contributed by atoms with E-state index in [0.29, 0.717) is 32.5 Å². The molecule has 2 unspecified atom stereocenters. The molecule has 0 aromatic carbocycles. The summed E-state index contributed by atoms with van der Waals surface area (Å²) in [6, 6.07) is 0. The van der Waals surface area contributed by atoms with Crippen molar-refractivity contribution in [3.63, 3.8) is 0 Å². The molecule has 1 amide bonds. The first-order chi connectivity index (χ1) is 8.03. The van der Waals surface area contributed by atoms with Gasteiger partial charge in [-0.15, -0.1) is 0 Å². The van der Waals surface area contributed by atoms with Crippen LogP contribution in [0.3, 0.4) is 0 Å². The monoisotopic (exact) mass is 241 g/mol. The van der Waals surface area contributed by atoms with Crippen LogP contribution in [0, 0.1) is 5.92 Å². The van der Waals surface area contributed by atoms with Crippen LogP contribution in [-0.4, -0.2) is 47.3 Å². The van der Waals surface area contributed by atoms with Gasteiger partial charge in [0.15, 0.2) is 0 Å². The number of nitrogens with zero attached hydrogens (tertiary/aromatic N) is 1. The van der Waals surface area contributed by atoms with E-state index in [4.69, 9.17) is 4.74 Å². The van der Waals surface area contributed by atoms with E-state index in [2.05, 4.69) is 6.92 Å². The molecular formula is C13H23NO3. The van der Waals surface area contributed by atoms with Crippen LogP contribution in [0.2, 0.25) is 0 Å². The summed E-state index contributed by atoms with van der Waals surface area (Å²) in [4.78, 5) is 14.2. The van der Waals surface area contributed by atoms with Crippen molar-refractivity contribution in [3.8, 4) is 0 Å². The van der Waals surface area contributed by atoms with E-state index in [1.165, 1.54) is 0 Å². The molecule has 0 bridgehead atoms. The van der Waals surface area contributed by atoms with E-state index in [0.717, 1.165) is 12.8 Å². The third-order valence-electron chi connectivity index (χ3n) is 4.08. The van der Waals surface area contributed by atoms with Gasteiger partial charge < -0.3 is 14.7 Å². The molecule has 1 N–H and O–H groups in total. The normalized spacial score (nSPS) is 32.8. The fraction of sp³-hybridized carbons (Fsp3) is 0.923. The topological polar surface area (TPSA) is 49.8 Å². The van der Waals surface area contributed by atoms with E-state index >= 15 is 0 Å². The summed E-state index contributed by atoms with van der Waals surface area (Å²) in [5.74, 6) is 0.271. The molecule has 0 aromatic rings. The Morgan fingerprint density at radius 3 is 2.71 bits per heavy atom. The van der Waals surface area contributed by atoms with Gasteiger partial charge in [-0.1, -0.05) is 6.92 Å². The molecular weight excluding hydrogens is 218 g/mol. The molecule has 2 rings (SSSR count). The lowest BCUT2D eigenvalue weighted by atomic mass is 9.91. The maximum atomic E-state index is 12.3. The SMILES string of the molecule is CCC1OCCC1C(=O)N1CCC(C)(O)CC1. The molecule has 2 atom stereocenters. The average molecular weight is 241 g/mol. The van der Waals surface area contributed by atoms with Crippen LogP contribution in [0.15, 0.2) is 0 Å². The third-order valence-corrected chi connectivity index (χ3v) is 4.08. The van der Waals surface area contributed by atoms with Gasteiger partial charge in [-0.25, -0.2) is 0 Å². The Morgan fingerprint density at radius 2 is 2.12 bits per heavy atom. The number of carbonyl (C=O) groups excluding carboxylic acids is 1. The van der Waals surface area contributed by atoms with Crippen molar-refractivity contribution in [1.82, 2.24) is 4.90 Å². The van der Waals surface area contributed by atoms with Crippen LogP contribution in [-0.2, 0) is 9.53 Å². The second-order valence-electron chi connectivity index (χ2n) is 5.53. The van der Waals surface area contributed by atoms with Gasteiger partial charge >= 0.3 is 0 Å². The van der Waals surface area contributed by atoms with E-state index in [-0.39, 0.29) is 17.9 Å². The summed E-state index contributed by atoms with van der Waals surface area (Å²) in [6.07, 6.45) is 3.23. The minimum absolute atomic E-state index is 0.0445. The van der Waals surface area contributed by atoms with Gasteiger partial charge in [-0.05, 0) is 32.6 Å². The first-order valence-corrected chi connectivity index (χ1v) is 6.66. The van der Waals surface area contributed by atoms with Gasteiger partial charge in [-0.3, -0.25) is 4.79 Å². The summed E-state index contributed by atoms with van der Waals surface area (Å²) in [7, 11) is 0. The zero-order valence-electron chi connectivity index (χ0n) is 10.8. The lowest BCUT2D eigenvalue weighted by molar-refractivity contribution is -0.141. The van der Waals surface area contributed by atoms with Crippen LogP contribution in [0.4, 0.5) is 0 Å². The quantitative estimate of drug-likeness (QED) is 0.789. The number of amides is 1. The highest BCUT2D eigenvalue weighted by atomic mass is 16.5. The van der Waals surface area contributed by atoms with Crippen LogP contribution in [0.1, 0.15) is 39.5 Å². The van der Waals surface area contributed by atoms with E-state index in [9.17, 15) is 9.90 Å². The van der Waals surface area contributed by atoms with Gasteiger partial charge in [0.2, 0.25) is 5.91 Å². The molecule has 0 radical (unpaired) electrons. The van der Waals surface area contributed by atoms with Crippen molar-refractivity contribution in [2.75, 3.05) is 19.7 Å². The van der Waals surface area contributed by atoms with Crippen LogP contribution in [0.25, 0.3) is 0 Å². The zero-order valence-corrected chi connectivity index (χ0v) is 10.8. The predicted molar refractivity (Wildman–Crippen MR) is 64.6 cm³/mol. The lowest BCUT2D eigenvalue weighted by Gasteiger charge is -2.37. The number of hydrogen-bond donors (Lipinski definition) is 1. The van der Waals surface area contributed by atoms with Crippen LogP contribution < -0.4 is 0 Å². The zero-order chi connectivity index (χ0) is 12.5. The van der Waals surface area contributed by atoms with Crippen molar-refractivity contribution in [2.24, 2.45) is 5.92 Å². The molecule has 0 saturated carbocycles. The molecule has 2 saturated heterocycles. The molecule has 4 heteroatoms. The van der Waals surface area contributed by atoms with Gasteiger partial charge in [-0.2, -0.15) is 0 Å². The highest BCUT2D eigenvalue weighted by Crippen LogP contribution is 2.28. The molecule has 4 nitrogen and oxygen atoms in total. The molecule has 98 valence electrons. The number of piperidine rings is 1. The third kappa shape index (κ3) is 2.80. The molecule has 0 aromatic heterocycles. The van der Waals surface area contributed by atoms with Crippen LogP contribution in [0.5, 0.6) is 0 Å². The molecule has 0 spiro atoms. The van der Waals surface area contributed by atoms with Gasteiger partial charge in [0.05, 0.1) is 17.6 Å². The van der Waals surface area contributed by atoms with E-state index in [1.54, 1.807) is 0 Å². The second kappa shape index (κ2) is 4.94. The Kier molecular flexibility index (Phi) is 3.73.